The minimum absolute atomic E-state index is 0.0841. The van der Waals surface area contributed by atoms with E-state index in [2.05, 4.69) is 5.32 Å². The van der Waals surface area contributed by atoms with Crippen molar-refractivity contribution >= 4 is 12.0 Å². The predicted octanol–water partition coefficient (Wildman–Crippen LogP) is 0.670. The van der Waals surface area contributed by atoms with Crippen LogP contribution in [0.3, 0.4) is 0 Å². The van der Waals surface area contributed by atoms with Crippen molar-refractivity contribution in [3.63, 3.8) is 0 Å². The van der Waals surface area contributed by atoms with Crippen LogP contribution in [-0.4, -0.2) is 53.8 Å². The second kappa shape index (κ2) is 6.44. The van der Waals surface area contributed by atoms with Gasteiger partial charge in [-0.2, -0.15) is 0 Å². The fourth-order valence-corrected chi connectivity index (χ4v) is 1.73. The van der Waals surface area contributed by atoms with E-state index in [1.54, 1.807) is 4.90 Å². The van der Waals surface area contributed by atoms with Gasteiger partial charge in [0, 0.05) is 19.7 Å². The molecular weight excluding hydrogens is 224 g/mol. The molecule has 1 unspecified atom stereocenters. The molecule has 6 heteroatoms. The summed E-state index contributed by atoms with van der Waals surface area (Å²) in [6.07, 6.45) is 2.06. The van der Waals surface area contributed by atoms with Crippen LogP contribution in [-0.2, 0) is 9.53 Å². The monoisotopic (exact) mass is 244 g/mol. The first kappa shape index (κ1) is 13.8. The summed E-state index contributed by atoms with van der Waals surface area (Å²) in [4.78, 5) is 24.0. The SMILES string of the molecule is CCN(CC1CCCO1)C(=O)N[C@@H](C)C(=O)O. The van der Waals surface area contributed by atoms with Crippen molar-refractivity contribution in [1.29, 1.82) is 0 Å². The van der Waals surface area contributed by atoms with E-state index < -0.39 is 12.0 Å². The fraction of sp³-hybridized carbons (Fsp3) is 0.818. The average Bonchev–Trinajstić information content (AvgIpc) is 2.78. The number of aliphatic carboxylic acids is 1. The van der Waals surface area contributed by atoms with Gasteiger partial charge in [0.1, 0.15) is 6.04 Å². The molecule has 2 N–H and O–H groups in total. The van der Waals surface area contributed by atoms with Crippen molar-refractivity contribution in [2.45, 2.75) is 38.8 Å². The smallest absolute Gasteiger partial charge is 0.325 e. The molecule has 2 amide bonds. The molecule has 0 bridgehead atoms. The van der Waals surface area contributed by atoms with Crippen LogP contribution in [0, 0.1) is 0 Å². The highest BCUT2D eigenvalue weighted by molar-refractivity contribution is 5.82. The van der Waals surface area contributed by atoms with E-state index in [4.69, 9.17) is 9.84 Å². The Labute approximate surface area is 101 Å². The Morgan fingerprint density at radius 3 is 2.76 bits per heavy atom. The Hall–Kier alpha value is -1.30. The summed E-state index contributed by atoms with van der Waals surface area (Å²) < 4.78 is 5.45. The highest BCUT2D eigenvalue weighted by atomic mass is 16.5. The van der Waals surface area contributed by atoms with E-state index in [9.17, 15) is 9.59 Å². The number of hydrogen-bond donors (Lipinski definition) is 2. The third kappa shape index (κ3) is 4.22. The summed E-state index contributed by atoms with van der Waals surface area (Å²) in [5.41, 5.74) is 0. The first-order chi connectivity index (χ1) is 8.04. The number of carbonyl (C=O) groups is 2. The zero-order valence-electron chi connectivity index (χ0n) is 10.3. The molecule has 0 aromatic heterocycles. The molecule has 1 saturated heterocycles. The van der Waals surface area contributed by atoms with Gasteiger partial charge < -0.3 is 20.1 Å². The molecule has 0 aromatic rings. The van der Waals surface area contributed by atoms with Crippen LogP contribution in [0.2, 0.25) is 0 Å². The molecule has 1 aliphatic rings. The summed E-state index contributed by atoms with van der Waals surface area (Å²) in [6.45, 7) is 5.11. The number of carboxylic acids is 1. The molecule has 0 saturated carbocycles. The topological polar surface area (TPSA) is 78.9 Å². The number of hydrogen-bond acceptors (Lipinski definition) is 3. The van der Waals surface area contributed by atoms with Gasteiger partial charge in [-0.25, -0.2) is 4.79 Å². The van der Waals surface area contributed by atoms with Crippen molar-refractivity contribution in [1.82, 2.24) is 10.2 Å². The molecule has 1 rings (SSSR count). The molecule has 1 fully saturated rings. The van der Waals surface area contributed by atoms with Crippen LogP contribution in [0.4, 0.5) is 4.79 Å². The van der Waals surface area contributed by atoms with E-state index in [-0.39, 0.29) is 12.1 Å². The van der Waals surface area contributed by atoms with Crippen LogP contribution in [0.25, 0.3) is 0 Å². The van der Waals surface area contributed by atoms with Crippen molar-refractivity contribution < 1.29 is 19.4 Å². The first-order valence-electron chi connectivity index (χ1n) is 5.94. The van der Waals surface area contributed by atoms with E-state index in [1.165, 1.54) is 6.92 Å². The molecule has 1 heterocycles. The highest BCUT2D eigenvalue weighted by Gasteiger charge is 2.23. The maximum absolute atomic E-state index is 11.8. The van der Waals surface area contributed by atoms with Crippen LogP contribution >= 0.6 is 0 Å². The van der Waals surface area contributed by atoms with Gasteiger partial charge in [0.15, 0.2) is 0 Å². The van der Waals surface area contributed by atoms with Crippen LogP contribution < -0.4 is 5.32 Å². The maximum Gasteiger partial charge on any atom is 0.325 e. The Morgan fingerprint density at radius 2 is 2.29 bits per heavy atom. The highest BCUT2D eigenvalue weighted by Crippen LogP contribution is 2.13. The molecule has 17 heavy (non-hydrogen) atoms. The third-order valence-electron chi connectivity index (χ3n) is 2.83. The first-order valence-corrected chi connectivity index (χ1v) is 5.94. The summed E-state index contributed by atoms with van der Waals surface area (Å²) in [5, 5.41) is 11.1. The zero-order chi connectivity index (χ0) is 12.8. The third-order valence-corrected chi connectivity index (χ3v) is 2.83. The fourth-order valence-electron chi connectivity index (χ4n) is 1.73. The Kier molecular flexibility index (Phi) is 5.21. The molecule has 6 nitrogen and oxygen atoms in total. The second-order valence-corrected chi connectivity index (χ2v) is 4.18. The van der Waals surface area contributed by atoms with Crippen molar-refractivity contribution in [2.75, 3.05) is 19.7 Å². The van der Waals surface area contributed by atoms with E-state index in [1.807, 2.05) is 6.92 Å². The Bertz CT molecular complexity index is 277. The molecule has 0 aliphatic carbocycles. The van der Waals surface area contributed by atoms with Gasteiger partial charge in [0.25, 0.3) is 0 Å². The van der Waals surface area contributed by atoms with Crippen LogP contribution in [0.5, 0.6) is 0 Å². The Balaban J connectivity index is 2.42. The number of amides is 2. The average molecular weight is 244 g/mol. The van der Waals surface area contributed by atoms with Gasteiger partial charge >= 0.3 is 12.0 Å². The molecular formula is C11H20N2O4. The molecule has 0 radical (unpaired) electrons. The largest absolute Gasteiger partial charge is 0.480 e. The van der Waals surface area contributed by atoms with Gasteiger partial charge in [-0.1, -0.05) is 0 Å². The number of nitrogens with zero attached hydrogens (tertiary/aromatic N) is 1. The summed E-state index contributed by atoms with van der Waals surface area (Å²) >= 11 is 0. The number of nitrogens with one attached hydrogen (secondary N) is 1. The number of carbonyl (C=O) groups excluding carboxylic acids is 1. The van der Waals surface area contributed by atoms with Crippen molar-refractivity contribution in [3.8, 4) is 0 Å². The molecule has 0 aromatic carbocycles. The van der Waals surface area contributed by atoms with Gasteiger partial charge in [-0.15, -0.1) is 0 Å². The molecule has 2 atom stereocenters. The predicted molar refractivity (Wildman–Crippen MR) is 61.9 cm³/mol. The zero-order valence-corrected chi connectivity index (χ0v) is 10.3. The Morgan fingerprint density at radius 1 is 1.59 bits per heavy atom. The lowest BCUT2D eigenvalue weighted by Gasteiger charge is -2.25. The van der Waals surface area contributed by atoms with Crippen LogP contribution in [0.1, 0.15) is 26.7 Å². The van der Waals surface area contributed by atoms with E-state index in [0.29, 0.717) is 13.1 Å². The quantitative estimate of drug-likeness (QED) is 0.745. The normalized spacial score (nSPS) is 20.9. The lowest BCUT2D eigenvalue weighted by molar-refractivity contribution is -0.138. The molecule has 0 spiro atoms. The number of rotatable bonds is 5. The minimum atomic E-state index is -1.04. The number of carboxylic acid groups (broad SMARTS) is 1. The summed E-state index contributed by atoms with van der Waals surface area (Å²) in [5.74, 6) is -1.04. The maximum atomic E-state index is 11.8. The summed E-state index contributed by atoms with van der Waals surface area (Å²) in [6, 6.07) is -1.22. The number of urea groups is 1. The second-order valence-electron chi connectivity index (χ2n) is 4.18. The number of ether oxygens (including phenoxy) is 1. The standard InChI is InChI=1S/C11H20N2O4/c1-3-13(7-9-5-4-6-17-9)11(16)12-8(2)10(14)15/h8-9H,3-7H2,1-2H3,(H,12,16)(H,14,15)/t8-,9?/m0/s1. The van der Waals surface area contributed by atoms with Crippen LogP contribution in [0.15, 0.2) is 0 Å². The minimum Gasteiger partial charge on any atom is -0.480 e. The van der Waals surface area contributed by atoms with Gasteiger partial charge in [-0.05, 0) is 26.7 Å². The van der Waals surface area contributed by atoms with Gasteiger partial charge in [0.05, 0.1) is 6.10 Å². The molecule has 98 valence electrons. The summed E-state index contributed by atoms with van der Waals surface area (Å²) in [7, 11) is 0. The van der Waals surface area contributed by atoms with Gasteiger partial charge in [-0.3, -0.25) is 4.79 Å². The lowest BCUT2D eigenvalue weighted by atomic mass is 10.2. The van der Waals surface area contributed by atoms with Crippen molar-refractivity contribution in [2.24, 2.45) is 0 Å². The van der Waals surface area contributed by atoms with Crippen molar-refractivity contribution in [3.05, 3.63) is 0 Å². The molecule has 1 aliphatic heterocycles. The lowest BCUT2D eigenvalue weighted by Crippen LogP contribution is -2.48. The van der Waals surface area contributed by atoms with E-state index >= 15 is 0 Å². The van der Waals surface area contributed by atoms with E-state index in [0.717, 1.165) is 19.4 Å². The number of likely N-dealkylation sites (N-methyl/N-ethyl adjacent to an activating group) is 1. The van der Waals surface area contributed by atoms with Gasteiger partial charge in [0.2, 0.25) is 0 Å².